The second-order valence-electron chi connectivity index (χ2n) is 5.78. The normalized spacial score (nSPS) is 14.2. The fourth-order valence-corrected chi connectivity index (χ4v) is 1.90. The van der Waals surface area contributed by atoms with Crippen LogP contribution in [0.15, 0.2) is 24.3 Å². The summed E-state index contributed by atoms with van der Waals surface area (Å²) in [6, 6.07) is 7.09. The first-order chi connectivity index (χ1) is 9.56. The molecule has 1 saturated carbocycles. The molecule has 1 fully saturated rings. The van der Waals surface area contributed by atoms with E-state index < -0.39 is 0 Å². The van der Waals surface area contributed by atoms with E-state index in [4.69, 9.17) is 0 Å². The molecule has 1 aliphatic rings. The highest BCUT2D eigenvalue weighted by atomic mass is 16.2. The van der Waals surface area contributed by atoms with Gasteiger partial charge in [0.25, 0.3) is 5.91 Å². The Balaban J connectivity index is 1.90. The number of hydrogen-bond acceptors (Lipinski definition) is 2. The summed E-state index contributed by atoms with van der Waals surface area (Å²) in [6.07, 6.45) is 2.91. The fraction of sp³-hybridized carbons (Fsp3) is 0.500. The second-order valence-corrected chi connectivity index (χ2v) is 5.78. The number of amides is 2. The van der Waals surface area contributed by atoms with Crippen molar-refractivity contribution < 1.29 is 9.59 Å². The minimum atomic E-state index is -0.0897. The highest BCUT2D eigenvalue weighted by Gasteiger charge is 2.29. The number of anilines is 1. The number of nitrogens with one attached hydrogen (secondary N) is 2. The van der Waals surface area contributed by atoms with Gasteiger partial charge in [-0.05, 0) is 43.4 Å². The van der Waals surface area contributed by atoms with E-state index in [0.29, 0.717) is 23.7 Å². The van der Waals surface area contributed by atoms with E-state index in [9.17, 15) is 9.59 Å². The van der Waals surface area contributed by atoms with Crippen LogP contribution in [0, 0.1) is 11.8 Å². The van der Waals surface area contributed by atoms with E-state index >= 15 is 0 Å². The number of benzene rings is 1. The molecular formula is C16H22N2O2. The topological polar surface area (TPSA) is 58.2 Å². The first kappa shape index (κ1) is 14.6. The highest BCUT2D eigenvalue weighted by molar-refractivity contribution is 5.98. The summed E-state index contributed by atoms with van der Waals surface area (Å²) in [5.41, 5.74) is 1.28. The Morgan fingerprint density at radius 1 is 1.30 bits per heavy atom. The van der Waals surface area contributed by atoms with Gasteiger partial charge < -0.3 is 10.6 Å². The lowest BCUT2D eigenvalue weighted by Crippen LogP contribution is -2.25. The first-order valence-electron chi connectivity index (χ1n) is 7.25. The van der Waals surface area contributed by atoms with Crippen molar-refractivity contribution in [2.24, 2.45) is 11.8 Å². The molecule has 0 atom stereocenters. The molecule has 2 N–H and O–H groups in total. The Morgan fingerprint density at radius 2 is 2.05 bits per heavy atom. The largest absolute Gasteiger partial charge is 0.352 e. The average Bonchev–Trinajstić information content (AvgIpc) is 3.22. The third kappa shape index (κ3) is 4.37. The monoisotopic (exact) mass is 274 g/mol. The van der Waals surface area contributed by atoms with Gasteiger partial charge in [-0.1, -0.05) is 19.9 Å². The number of rotatable bonds is 6. The molecule has 4 heteroatoms. The van der Waals surface area contributed by atoms with Gasteiger partial charge in [-0.3, -0.25) is 9.59 Å². The molecule has 0 saturated heterocycles. The van der Waals surface area contributed by atoms with Crippen LogP contribution in [0.25, 0.3) is 0 Å². The van der Waals surface area contributed by atoms with Crippen LogP contribution in [0.2, 0.25) is 0 Å². The molecule has 0 spiro atoms. The Bertz CT molecular complexity index is 493. The van der Waals surface area contributed by atoms with E-state index in [1.807, 2.05) is 6.07 Å². The van der Waals surface area contributed by atoms with Crippen molar-refractivity contribution in [1.29, 1.82) is 0 Å². The third-order valence-corrected chi connectivity index (χ3v) is 3.35. The van der Waals surface area contributed by atoms with Crippen molar-refractivity contribution in [3.8, 4) is 0 Å². The maximum absolute atomic E-state index is 12.0. The quantitative estimate of drug-likeness (QED) is 0.838. The summed E-state index contributed by atoms with van der Waals surface area (Å²) >= 11 is 0. The van der Waals surface area contributed by atoms with Crippen LogP contribution in [0.3, 0.4) is 0 Å². The molecule has 0 unspecified atom stereocenters. The van der Waals surface area contributed by atoms with Gasteiger partial charge in [0.1, 0.15) is 0 Å². The molecule has 2 amide bonds. The van der Waals surface area contributed by atoms with Gasteiger partial charge in [0.2, 0.25) is 5.91 Å². The van der Waals surface area contributed by atoms with Crippen LogP contribution >= 0.6 is 0 Å². The molecule has 1 aliphatic carbocycles. The van der Waals surface area contributed by atoms with E-state index in [-0.39, 0.29) is 17.7 Å². The average molecular weight is 274 g/mol. The molecule has 0 heterocycles. The Kier molecular flexibility index (Phi) is 4.77. The van der Waals surface area contributed by atoms with Gasteiger partial charge in [-0.25, -0.2) is 0 Å². The summed E-state index contributed by atoms with van der Waals surface area (Å²) in [5, 5.41) is 5.75. The predicted molar refractivity (Wildman–Crippen MR) is 79.6 cm³/mol. The van der Waals surface area contributed by atoms with E-state index in [0.717, 1.165) is 19.3 Å². The van der Waals surface area contributed by atoms with Crippen molar-refractivity contribution in [2.45, 2.75) is 33.1 Å². The van der Waals surface area contributed by atoms with Gasteiger partial charge in [0.05, 0.1) is 0 Å². The summed E-state index contributed by atoms with van der Waals surface area (Å²) in [4.78, 5) is 23.7. The third-order valence-electron chi connectivity index (χ3n) is 3.35. The fourth-order valence-electron chi connectivity index (χ4n) is 1.90. The molecular weight excluding hydrogens is 252 g/mol. The molecule has 1 aromatic carbocycles. The zero-order valence-electron chi connectivity index (χ0n) is 12.1. The standard InChI is InChI=1S/C16H22N2O2/c1-11(2)8-9-17-15(19)13-4-3-5-14(10-13)18-16(20)12-6-7-12/h3-5,10-12H,6-9H2,1-2H3,(H,17,19)(H,18,20). The molecule has 2 rings (SSSR count). The minimum absolute atomic E-state index is 0.0577. The highest BCUT2D eigenvalue weighted by Crippen LogP contribution is 2.30. The van der Waals surface area contributed by atoms with Crippen LogP contribution in [0.1, 0.15) is 43.5 Å². The summed E-state index contributed by atoms with van der Waals surface area (Å²) < 4.78 is 0. The smallest absolute Gasteiger partial charge is 0.251 e. The molecule has 0 aliphatic heterocycles. The second kappa shape index (κ2) is 6.55. The van der Waals surface area contributed by atoms with E-state index in [1.165, 1.54) is 0 Å². The molecule has 20 heavy (non-hydrogen) atoms. The molecule has 0 aromatic heterocycles. The summed E-state index contributed by atoms with van der Waals surface area (Å²) in [6.45, 7) is 4.93. The Hall–Kier alpha value is -1.84. The van der Waals surface area contributed by atoms with Crippen LogP contribution in [0.4, 0.5) is 5.69 Å². The summed E-state index contributed by atoms with van der Waals surface area (Å²) in [5.74, 6) is 0.702. The van der Waals surface area contributed by atoms with Gasteiger partial charge in [-0.2, -0.15) is 0 Å². The number of carbonyl (C=O) groups is 2. The number of carbonyl (C=O) groups excluding carboxylic acids is 2. The van der Waals surface area contributed by atoms with Crippen molar-refractivity contribution in [1.82, 2.24) is 5.32 Å². The van der Waals surface area contributed by atoms with Gasteiger partial charge in [0.15, 0.2) is 0 Å². The molecule has 4 nitrogen and oxygen atoms in total. The van der Waals surface area contributed by atoms with Gasteiger partial charge in [-0.15, -0.1) is 0 Å². The van der Waals surface area contributed by atoms with Gasteiger partial charge in [0, 0.05) is 23.7 Å². The van der Waals surface area contributed by atoms with E-state index in [1.54, 1.807) is 18.2 Å². The molecule has 1 aromatic rings. The maximum atomic E-state index is 12.0. The minimum Gasteiger partial charge on any atom is -0.352 e. The predicted octanol–water partition coefficient (Wildman–Crippen LogP) is 2.81. The van der Waals surface area contributed by atoms with Crippen molar-refractivity contribution >= 4 is 17.5 Å². The maximum Gasteiger partial charge on any atom is 0.251 e. The molecule has 0 bridgehead atoms. The molecule has 0 radical (unpaired) electrons. The lowest BCUT2D eigenvalue weighted by molar-refractivity contribution is -0.117. The van der Waals surface area contributed by atoms with E-state index in [2.05, 4.69) is 24.5 Å². The number of hydrogen-bond donors (Lipinski definition) is 2. The van der Waals surface area contributed by atoms with Crippen molar-refractivity contribution in [3.63, 3.8) is 0 Å². The lowest BCUT2D eigenvalue weighted by Gasteiger charge is -2.09. The van der Waals surface area contributed by atoms with Gasteiger partial charge >= 0.3 is 0 Å². The van der Waals surface area contributed by atoms with Crippen LogP contribution in [0.5, 0.6) is 0 Å². The van der Waals surface area contributed by atoms with Crippen LogP contribution in [-0.2, 0) is 4.79 Å². The molecule has 108 valence electrons. The SMILES string of the molecule is CC(C)CCNC(=O)c1cccc(NC(=O)C2CC2)c1. The summed E-state index contributed by atoms with van der Waals surface area (Å²) in [7, 11) is 0. The van der Waals surface area contributed by atoms with Crippen molar-refractivity contribution in [3.05, 3.63) is 29.8 Å². The Labute approximate surface area is 119 Å². The lowest BCUT2D eigenvalue weighted by atomic mass is 10.1. The zero-order chi connectivity index (χ0) is 14.5. The zero-order valence-corrected chi connectivity index (χ0v) is 12.1. The van der Waals surface area contributed by atoms with Crippen LogP contribution in [-0.4, -0.2) is 18.4 Å². The Morgan fingerprint density at radius 3 is 2.70 bits per heavy atom. The van der Waals surface area contributed by atoms with Crippen molar-refractivity contribution in [2.75, 3.05) is 11.9 Å². The van der Waals surface area contributed by atoms with Crippen LogP contribution < -0.4 is 10.6 Å². The first-order valence-corrected chi connectivity index (χ1v) is 7.25.